The van der Waals surface area contributed by atoms with Crippen LogP contribution in [0.3, 0.4) is 0 Å². The Labute approximate surface area is 121 Å². The highest BCUT2D eigenvalue weighted by molar-refractivity contribution is 5.51. The predicted octanol–water partition coefficient (Wildman–Crippen LogP) is 3.30. The molecule has 0 radical (unpaired) electrons. The smallest absolute Gasteiger partial charge is 0.184 e. The van der Waals surface area contributed by atoms with Crippen molar-refractivity contribution in [2.45, 2.75) is 13.5 Å². The van der Waals surface area contributed by atoms with Gasteiger partial charge in [-0.1, -0.05) is 6.07 Å². The van der Waals surface area contributed by atoms with E-state index in [-0.39, 0.29) is 12.2 Å². The number of rotatable bonds is 5. The van der Waals surface area contributed by atoms with Crippen LogP contribution < -0.4 is 14.8 Å². The molecule has 2 aromatic rings. The number of pyridine rings is 1. The van der Waals surface area contributed by atoms with Crippen LogP contribution in [0.4, 0.5) is 14.5 Å². The van der Waals surface area contributed by atoms with Crippen molar-refractivity contribution >= 4 is 5.69 Å². The van der Waals surface area contributed by atoms with Crippen molar-refractivity contribution in [3.05, 3.63) is 47.3 Å². The van der Waals surface area contributed by atoms with Crippen molar-refractivity contribution in [1.29, 1.82) is 0 Å². The van der Waals surface area contributed by atoms with Gasteiger partial charge in [0.15, 0.2) is 17.3 Å². The molecule has 2 rings (SSSR count). The van der Waals surface area contributed by atoms with E-state index in [1.165, 1.54) is 26.4 Å². The summed E-state index contributed by atoms with van der Waals surface area (Å²) in [4.78, 5) is 4.14. The molecule has 0 fully saturated rings. The Hall–Kier alpha value is -2.37. The van der Waals surface area contributed by atoms with Gasteiger partial charge in [0.05, 0.1) is 20.8 Å². The van der Waals surface area contributed by atoms with E-state index >= 15 is 0 Å². The van der Waals surface area contributed by atoms with Gasteiger partial charge in [-0.25, -0.2) is 8.78 Å². The molecular formula is C15H16F2N2O2. The Balaban J connectivity index is 2.27. The summed E-state index contributed by atoms with van der Waals surface area (Å²) in [7, 11) is 2.99. The molecule has 0 unspecified atom stereocenters. The molecule has 0 aliphatic heterocycles. The highest BCUT2D eigenvalue weighted by atomic mass is 19.1. The van der Waals surface area contributed by atoms with Crippen molar-refractivity contribution in [2.24, 2.45) is 0 Å². The fourth-order valence-electron chi connectivity index (χ4n) is 1.97. The van der Waals surface area contributed by atoms with Gasteiger partial charge in [-0.3, -0.25) is 4.98 Å². The fraction of sp³-hybridized carbons (Fsp3) is 0.267. The molecule has 1 aromatic carbocycles. The number of benzene rings is 1. The molecule has 112 valence electrons. The van der Waals surface area contributed by atoms with Gasteiger partial charge in [0, 0.05) is 12.3 Å². The number of hydrogen-bond acceptors (Lipinski definition) is 4. The number of hydrogen-bond donors (Lipinski definition) is 1. The zero-order valence-corrected chi connectivity index (χ0v) is 12.0. The Kier molecular flexibility index (Phi) is 4.57. The molecule has 0 bridgehead atoms. The minimum absolute atomic E-state index is 0.109. The van der Waals surface area contributed by atoms with E-state index in [0.29, 0.717) is 22.8 Å². The molecule has 0 amide bonds. The van der Waals surface area contributed by atoms with Gasteiger partial charge in [-0.2, -0.15) is 0 Å². The molecule has 21 heavy (non-hydrogen) atoms. The first-order valence-corrected chi connectivity index (χ1v) is 6.32. The number of nitrogens with zero attached hydrogens (tertiary/aromatic N) is 1. The highest BCUT2D eigenvalue weighted by Crippen LogP contribution is 2.30. The third-order valence-electron chi connectivity index (χ3n) is 3.08. The van der Waals surface area contributed by atoms with Crippen LogP contribution in [0.5, 0.6) is 11.5 Å². The van der Waals surface area contributed by atoms with Gasteiger partial charge in [0.25, 0.3) is 0 Å². The number of nitrogens with one attached hydrogen (secondary N) is 1. The molecule has 0 aliphatic carbocycles. The fourth-order valence-corrected chi connectivity index (χ4v) is 1.97. The topological polar surface area (TPSA) is 43.4 Å². The lowest BCUT2D eigenvalue weighted by Gasteiger charge is -2.14. The van der Waals surface area contributed by atoms with Gasteiger partial charge in [-0.05, 0) is 18.6 Å². The SMILES string of the molecule is COc1ccnc(CNc2c(F)ccc(C)c2F)c1OC. The summed E-state index contributed by atoms with van der Waals surface area (Å²) < 4.78 is 38.0. The van der Waals surface area contributed by atoms with Gasteiger partial charge in [-0.15, -0.1) is 0 Å². The van der Waals surface area contributed by atoms with Crippen LogP contribution in [0.2, 0.25) is 0 Å². The Bertz CT molecular complexity index is 648. The first-order valence-electron chi connectivity index (χ1n) is 6.32. The van der Waals surface area contributed by atoms with Crippen LogP contribution in [-0.4, -0.2) is 19.2 Å². The molecule has 1 heterocycles. The van der Waals surface area contributed by atoms with E-state index in [1.54, 1.807) is 19.2 Å². The lowest BCUT2D eigenvalue weighted by molar-refractivity contribution is 0.350. The predicted molar refractivity (Wildman–Crippen MR) is 75.8 cm³/mol. The van der Waals surface area contributed by atoms with Crippen LogP contribution in [0.15, 0.2) is 24.4 Å². The molecule has 0 atom stereocenters. The standard InChI is InChI=1S/C15H16F2N2O2/c1-9-4-5-10(16)14(13(9)17)19-8-11-15(21-3)12(20-2)6-7-18-11/h4-7,19H,8H2,1-3H3. The summed E-state index contributed by atoms with van der Waals surface area (Å²) >= 11 is 0. The number of halogens is 2. The molecule has 0 spiro atoms. The second kappa shape index (κ2) is 6.39. The van der Waals surface area contributed by atoms with Crippen LogP contribution in [0.25, 0.3) is 0 Å². The average molecular weight is 294 g/mol. The third-order valence-corrected chi connectivity index (χ3v) is 3.08. The summed E-state index contributed by atoms with van der Waals surface area (Å²) in [5, 5.41) is 2.72. The highest BCUT2D eigenvalue weighted by Gasteiger charge is 2.14. The molecule has 4 nitrogen and oxygen atoms in total. The maximum atomic E-state index is 13.9. The molecule has 1 N–H and O–H groups in total. The molecule has 0 saturated carbocycles. The number of aromatic nitrogens is 1. The third kappa shape index (κ3) is 3.04. The van der Waals surface area contributed by atoms with Crippen LogP contribution in [0.1, 0.15) is 11.3 Å². The zero-order chi connectivity index (χ0) is 15.4. The lowest BCUT2D eigenvalue weighted by Crippen LogP contribution is -2.08. The van der Waals surface area contributed by atoms with Crippen molar-refractivity contribution in [2.75, 3.05) is 19.5 Å². The van der Waals surface area contributed by atoms with E-state index in [4.69, 9.17) is 9.47 Å². The first-order chi connectivity index (χ1) is 10.1. The Morgan fingerprint density at radius 1 is 1.14 bits per heavy atom. The summed E-state index contributed by atoms with van der Waals surface area (Å²) in [5.41, 5.74) is 0.684. The van der Waals surface area contributed by atoms with Gasteiger partial charge < -0.3 is 14.8 Å². The van der Waals surface area contributed by atoms with Gasteiger partial charge >= 0.3 is 0 Å². The molecule has 1 aromatic heterocycles. The van der Waals surface area contributed by atoms with Crippen molar-refractivity contribution in [1.82, 2.24) is 4.98 Å². The number of anilines is 1. The summed E-state index contributed by atoms with van der Waals surface area (Å²) in [6.07, 6.45) is 1.54. The lowest BCUT2D eigenvalue weighted by atomic mass is 10.2. The van der Waals surface area contributed by atoms with Crippen LogP contribution in [0, 0.1) is 18.6 Å². The quantitative estimate of drug-likeness (QED) is 0.919. The van der Waals surface area contributed by atoms with Gasteiger partial charge in [0.2, 0.25) is 0 Å². The molecule has 0 aliphatic rings. The normalized spacial score (nSPS) is 10.3. The van der Waals surface area contributed by atoms with Crippen molar-refractivity contribution in [3.8, 4) is 11.5 Å². The number of aryl methyl sites for hydroxylation is 1. The minimum Gasteiger partial charge on any atom is -0.493 e. The zero-order valence-electron chi connectivity index (χ0n) is 12.0. The second-order valence-corrected chi connectivity index (χ2v) is 4.40. The van der Waals surface area contributed by atoms with Crippen LogP contribution in [-0.2, 0) is 6.54 Å². The van der Waals surface area contributed by atoms with E-state index in [9.17, 15) is 8.78 Å². The molecule has 0 saturated heterocycles. The second-order valence-electron chi connectivity index (χ2n) is 4.40. The maximum absolute atomic E-state index is 13.9. The van der Waals surface area contributed by atoms with Crippen molar-refractivity contribution < 1.29 is 18.3 Å². The van der Waals surface area contributed by atoms with E-state index in [0.717, 1.165) is 0 Å². The molecule has 6 heteroatoms. The minimum atomic E-state index is -0.653. The first kappa shape index (κ1) is 15.0. The van der Waals surface area contributed by atoms with Gasteiger partial charge in [0.1, 0.15) is 17.2 Å². The van der Waals surface area contributed by atoms with E-state index in [2.05, 4.69) is 10.3 Å². The van der Waals surface area contributed by atoms with Crippen molar-refractivity contribution in [3.63, 3.8) is 0 Å². The number of ether oxygens (including phenoxy) is 2. The maximum Gasteiger partial charge on any atom is 0.184 e. The number of methoxy groups -OCH3 is 2. The Morgan fingerprint density at radius 3 is 2.57 bits per heavy atom. The summed E-state index contributed by atoms with van der Waals surface area (Å²) in [6.45, 7) is 1.68. The van der Waals surface area contributed by atoms with Crippen LogP contribution >= 0.6 is 0 Å². The van der Waals surface area contributed by atoms with E-state index < -0.39 is 11.6 Å². The monoisotopic (exact) mass is 294 g/mol. The Morgan fingerprint density at radius 2 is 1.90 bits per heavy atom. The summed E-state index contributed by atoms with van der Waals surface area (Å²) in [6, 6.07) is 4.26. The van der Waals surface area contributed by atoms with E-state index in [1.807, 2.05) is 0 Å². The average Bonchev–Trinajstić information content (AvgIpc) is 2.50. The molecular weight excluding hydrogens is 278 g/mol. The largest absolute Gasteiger partial charge is 0.493 e. The summed E-state index contributed by atoms with van der Waals surface area (Å²) in [5.74, 6) is -0.327.